The van der Waals surface area contributed by atoms with Crippen molar-refractivity contribution in [3.8, 4) is 5.75 Å². The molecular formula is C11H14O2. The number of phenolic OH excluding ortho intramolecular Hbond substituents is 1. The maximum atomic E-state index is 9.49. The third-order valence-corrected chi connectivity index (χ3v) is 3.03. The van der Waals surface area contributed by atoms with Crippen LogP contribution in [0.15, 0.2) is 18.2 Å². The number of rotatable bonds is 2. The van der Waals surface area contributed by atoms with E-state index in [2.05, 4.69) is 6.92 Å². The molecule has 1 atom stereocenters. The average molecular weight is 178 g/mol. The van der Waals surface area contributed by atoms with E-state index in [1.54, 1.807) is 6.07 Å². The molecule has 0 fully saturated rings. The summed E-state index contributed by atoms with van der Waals surface area (Å²) in [5, 5.41) is 18.4. The third kappa shape index (κ3) is 1.13. The van der Waals surface area contributed by atoms with Gasteiger partial charge in [0.25, 0.3) is 0 Å². The van der Waals surface area contributed by atoms with Gasteiger partial charge in [0.2, 0.25) is 0 Å². The van der Waals surface area contributed by atoms with Crippen molar-refractivity contribution >= 4 is 0 Å². The van der Waals surface area contributed by atoms with Crippen molar-refractivity contribution in [1.82, 2.24) is 0 Å². The van der Waals surface area contributed by atoms with E-state index in [0.717, 1.165) is 18.4 Å². The first-order chi connectivity index (χ1) is 6.17. The van der Waals surface area contributed by atoms with Crippen LogP contribution in [0.1, 0.15) is 24.5 Å². The highest BCUT2D eigenvalue weighted by atomic mass is 16.3. The largest absolute Gasteiger partial charge is 0.508 e. The fourth-order valence-corrected chi connectivity index (χ4v) is 2.17. The minimum absolute atomic E-state index is 0.0861. The zero-order chi connectivity index (χ0) is 9.47. The Balaban J connectivity index is 2.35. The van der Waals surface area contributed by atoms with E-state index in [0.29, 0.717) is 5.75 Å². The second-order valence-corrected chi connectivity index (χ2v) is 4.01. The highest BCUT2D eigenvalue weighted by Gasteiger charge is 2.39. The first-order valence-electron chi connectivity index (χ1n) is 4.59. The van der Waals surface area contributed by atoms with Gasteiger partial charge in [-0.1, -0.05) is 19.1 Å². The van der Waals surface area contributed by atoms with E-state index < -0.39 is 0 Å². The summed E-state index contributed by atoms with van der Waals surface area (Å²) in [6, 6.07) is 5.62. The second-order valence-electron chi connectivity index (χ2n) is 4.01. The molecule has 0 spiro atoms. The van der Waals surface area contributed by atoms with Crippen molar-refractivity contribution in [2.45, 2.75) is 25.2 Å². The fourth-order valence-electron chi connectivity index (χ4n) is 2.17. The maximum Gasteiger partial charge on any atom is 0.119 e. The third-order valence-electron chi connectivity index (χ3n) is 3.03. The van der Waals surface area contributed by atoms with Crippen molar-refractivity contribution in [3.05, 3.63) is 29.3 Å². The van der Waals surface area contributed by atoms with Crippen LogP contribution in [-0.2, 0) is 11.8 Å². The van der Waals surface area contributed by atoms with Crippen LogP contribution in [0.25, 0.3) is 0 Å². The highest BCUT2D eigenvalue weighted by Crippen LogP contribution is 2.46. The van der Waals surface area contributed by atoms with Crippen molar-refractivity contribution in [2.24, 2.45) is 0 Å². The average Bonchev–Trinajstić information content (AvgIpc) is 2.08. The first-order valence-corrected chi connectivity index (χ1v) is 4.59. The predicted molar refractivity (Wildman–Crippen MR) is 50.9 cm³/mol. The molecule has 1 aromatic rings. The van der Waals surface area contributed by atoms with Gasteiger partial charge in [-0.25, -0.2) is 0 Å². The molecule has 0 heterocycles. The summed E-state index contributed by atoms with van der Waals surface area (Å²) in [4.78, 5) is 0. The van der Waals surface area contributed by atoms with E-state index in [9.17, 15) is 5.11 Å². The zero-order valence-corrected chi connectivity index (χ0v) is 7.75. The molecule has 1 unspecified atom stereocenters. The number of hydrogen-bond acceptors (Lipinski definition) is 2. The van der Waals surface area contributed by atoms with Crippen LogP contribution in [0.2, 0.25) is 0 Å². The van der Waals surface area contributed by atoms with Gasteiger partial charge in [-0.05, 0) is 35.4 Å². The minimum Gasteiger partial charge on any atom is -0.508 e. The molecule has 0 saturated heterocycles. The summed E-state index contributed by atoms with van der Waals surface area (Å²) in [5.41, 5.74) is 2.34. The van der Waals surface area contributed by atoms with E-state index in [-0.39, 0.29) is 12.0 Å². The lowest BCUT2D eigenvalue weighted by Crippen LogP contribution is -2.36. The van der Waals surface area contributed by atoms with Crippen LogP contribution >= 0.6 is 0 Å². The topological polar surface area (TPSA) is 40.5 Å². The minimum atomic E-state index is 0.0861. The number of aromatic hydroxyl groups is 1. The summed E-state index contributed by atoms with van der Waals surface area (Å²) >= 11 is 0. The lowest BCUT2D eigenvalue weighted by molar-refractivity contribution is 0.228. The molecular weight excluding hydrogens is 164 g/mol. The monoisotopic (exact) mass is 178 g/mol. The normalized spacial score (nSPS) is 25.1. The summed E-state index contributed by atoms with van der Waals surface area (Å²) in [5.74, 6) is 0.396. The molecule has 70 valence electrons. The van der Waals surface area contributed by atoms with Crippen LogP contribution in [-0.4, -0.2) is 16.8 Å². The number of phenols is 1. The number of benzene rings is 1. The Labute approximate surface area is 77.8 Å². The predicted octanol–water partition coefficient (Wildman–Crippen LogP) is 1.59. The van der Waals surface area contributed by atoms with Crippen molar-refractivity contribution in [1.29, 1.82) is 0 Å². The lowest BCUT2D eigenvalue weighted by Gasteiger charge is -2.41. The fraction of sp³-hybridized carbons (Fsp3) is 0.455. The van der Waals surface area contributed by atoms with Gasteiger partial charge in [0.15, 0.2) is 0 Å². The van der Waals surface area contributed by atoms with E-state index in [4.69, 9.17) is 5.11 Å². The van der Waals surface area contributed by atoms with Crippen molar-refractivity contribution in [2.75, 3.05) is 6.61 Å². The SMILES string of the molecule is CC1(CCO)Cc2c(O)cccc21. The van der Waals surface area contributed by atoms with Gasteiger partial charge in [0.1, 0.15) is 5.75 Å². The number of aliphatic hydroxyl groups is 1. The number of fused-ring (bicyclic) bond motifs is 1. The molecule has 2 rings (SSSR count). The van der Waals surface area contributed by atoms with Gasteiger partial charge in [0.05, 0.1) is 0 Å². The van der Waals surface area contributed by atoms with E-state index in [1.165, 1.54) is 5.56 Å². The molecule has 2 nitrogen and oxygen atoms in total. The molecule has 13 heavy (non-hydrogen) atoms. The molecule has 2 N–H and O–H groups in total. The van der Waals surface area contributed by atoms with Gasteiger partial charge in [-0.2, -0.15) is 0 Å². The molecule has 1 aliphatic rings. The zero-order valence-electron chi connectivity index (χ0n) is 7.75. The Hall–Kier alpha value is -1.02. The number of hydrogen-bond donors (Lipinski definition) is 2. The van der Waals surface area contributed by atoms with E-state index >= 15 is 0 Å². The van der Waals surface area contributed by atoms with Crippen molar-refractivity contribution < 1.29 is 10.2 Å². The van der Waals surface area contributed by atoms with Crippen LogP contribution in [0, 0.1) is 0 Å². The molecule has 0 aliphatic heterocycles. The first kappa shape index (κ1) is 8.57. The molecule has 1 aromatic carbocycles. The van der Waals surface area contributed by atoms with Gasteiger partial charge >= 0.3 is 0 Å². The summed E-state index contributed by atoms with van der Waals surface area (Å²) in [6.45, 7) is 2.34. The van der Waals surface area contributed by atoms with Gasteiger partial charge < -0.3 is 10.2 Å². The van der Waals surface area contributed by atoms with Crippen molar-refractivity contribution in [3.63, 3.8) is 0 Å². The standard InChI is InChI=1S/C11H14O2/c1-11(5-6-12)7-8-9(11)3-2-4-10(8)13/h2-4,12-13H,5-7H2,1H3. The molecule has 0 aromatic heterocycles. The Morgan fingerprint density at radius 1 is 1.46 bits per heavy atom. The molecule has 2 heteroatoms. The van der Waals surface area contributed by atoms with Crippen LogP contribution in [0.5, 0.6) is 5.75 Å². The Morgan fingerprint density at radius 2 is 2.23 bits per heavy atom. The quantitative estimate of drug-likeness (QED) is 0.722. The molecule has 0 radical (unpaired) electrons. The van der Waals surface area contributed by atoms with Gasteiger partial charge in [0, 0.05) is 6.61 Å². The van der Waals surface area contributed by atoms with Gasteiger partial charge in [-0.3, -0.25) is 0 Å². The molecule has 0 bridgehead atoms. The maximum absolute atomic E-state index is 9.49. The smallest absolute Gasteiger partial charge is 0.119 e. The Morgan fingerprint density at radius 3 is 2.92 bits per heavy atom. The summed E-state index contributed by atoms with van der Waals surface area (Å²) < 4.78 is 0. The summed E-state index contributed by atoms with van der Waals surface area (Å²) in [7, 11) is 0. The molecule has 1 aliphatic carbocycles. The lowest BCUT2D eigenvalue weighted by atomic mass is 9.63. The van der Waals surface area contributed by atoms with E-state index in [1.807, 2.05) is 12.1 Å². The second kappa shape index (κ2) is 2.74. The summed E-state index contributed by atoms with van der Waals surface area (Å²) in [6.07, 6.45) is 1.67. The van der Waals surface area contributed by atoms with Crippen LogP contribution < -0.4 is 0 Å². The molecule has 0 saturated carbocycles. The Kier molecular flexibility index (Phi) is 1.81. The van der Waals surface area contributed by atoms with Crippen LogP contribution in [0.4, 0.5) is 0 Å². The van der Waals surface area contributed by atoms with Gasteiger partial charge in [-0.15, -0.1) is 0 Å². The van der Waals surface area contributed by atoms with Crippen LogP contribution in [0.3, 0.4) is 0 Å². The number of aliphatic hydroxyl groups excluding tert-OH is 1. The Bertz CT molecular complexity index is 333. The molecule has 0 amide bonds. The highest BCUT2D eigenvalue weighted by molar-refractivity contribution is 5.51.